The lowest BCUT2D eigenvalue weighted by molar-refractivity contribution is 0.102. The standard InChI is InChI=1S/C17H17N3O2/c1-3-14-16(20-8-7-11(2)9-15(20)19-14)17(22)18-12-5-4-6-13(21)10-12/h4-10,21H,3H2,1-2H3,(H,18,22). The lowest BCUT2D eigenvalue weighted by Gasteiger charge is -2.07. The molecule has 0 aliphatic rings. The first kappa shape index (κ1) is 14.1. The summed E-state index contributed by atoms with van der Waals surface area (Å²) in [6.45, 7) is 3.96. The summed E-state index contributed by atoms with van der Waals surface area (Å²) in [5.74, 6) is -0.124. The Kier molecular flexibility index (Phi) is 3.55. The van der Waals surface area contributed by atoms with Gasteiger partial charge in [-0.2, -0.15) is 0 Å². The number of rotatable bonds is 3. The van der Waals surface area contributed by atoms with Crippen molar-refractivity contribution in [2.45, 2.75) is 20.3 Å². The number of phenolic OH excluding ortho intramolecular Hbond substituents is 1. The highest BCUT2D eigenvalue weighted by atomic mass is 16.3. The number of imidazole rings is 1. The first-order chi connectivity index (χ1) is 10.6. The Bertz CT molecular complexity index is 852. The van der Waals surface area contributed by atoms with Gasteiger partial charge in [0, 0.05) is 18.0 Å². The predicted octanol–water partition coefficient (Wildman–Crippen LogP) is 3.16. The predicted molar refractivity (Wildman–Crippen MR) is 85.4 cm³/mol. The fourth-order valence-electron chi connectivity index (χ4n) is 2.46. The minimum Gasteiger partial charge on any atom is -0.508 e. The average Bonchev–Trinajstić information content (AvgIpc) is 2.84. The second-order valence-electron chi connectivity index (χ2n) is 5.20. The summed E-state index contributed by atoms with van der Waals surface area (Å²) in [5, 5.41) is 12.3. The molecule has 112 valence electrons. The molecule has 3 aromatic rings. The molecule has 0 saturated carbocycles. The quantitative estimate of drug-likeness (QED) is 0.780. The summed E-state index contributed by atoms with van der Waals surface area (Å²) in [4.78, 5) is 17.1. The van der Waals surface area contributed by atoms with Gasteiger partial charge in [0.1, 0.15) is 17.1 Å². The zero-order chi connectivity index (χ0) is 15.7. The summed E-state index contributed by atoms with van der Waals surface area (Å²) in [6.07, 6.45) is 2.53. The molecule has 0 aliphatic carbocycles. The van der Waals surface area contributed by atoms with Crippen LogP contribution in [0.2, 0.25) is 0 Å². The van der Waals surface area contributed by atoms with E-state index < -0.39 is 0 Å². The molecule has 2 heterocycles. The number of phenols is 1. The van der Waals surface area contributed by atoms with E-state index in [1.54, 1.807) is 22.6 Å². The zero-order valence-corrected chi connectivity index (χ0v) is 12.5. The van der Waals surface area contributed by atoms with Crippen LogP contribution >= 0.6 is 0 Å². The van der Waals surface area contributed by atoms with Crippen LogP contribution in [0, 0.1) is 6.92 Å². The Morgan fingerprint density at radius 3 is 2.86 bits per heavy atom. The highest BCUT2D eigenvalue weighted by molar-refractivity contribution is 6.04. The maximum absolute atomic E-state index is 12.6. The molecule has 0 bridgehead atoms. The minimum absolute atomic E-state index is 0.113. The third-order valence-corrected chi connectivity index (χ3v) is 3.51. The van der Waals surface area contributed by atoms with E-state index in [4.69, 9.17) is 0 Å². The number of aryl methyl sites for hydroxylation is 2. The van der Waals surface area contributed by atoms with Crippen LogP contribution in [0.3, 0.4) is 0 Å². The smallest absolute Gasteiger partial charge is 0.274 e. The van der Waals surface area contributed by atoms with Crippen LogP contribution in [0.15, 0.2) is 42.6 Å². The van der Waals surface area contributed by atoms with Gasteiger partial charge in [-0.25, -0.2) is 4.98 Å². The molecule has 0 aliphatic heterocycles. The van der Waals surface area contributed by atoms with E-state index in [9.17, 15) is 9.90 Å². The molecule has 3 rings (SSSR count). The number of hydrogen-bond acceptors (Lipinski definition) is 3. The molecule has 1 aromatic carbocycles. The molecule has 5 heteroatoms. The molecule has 0 fully saturated rings. The SMILES string of the molecule is CCc1nc2cc(C)ccn2c1C(=O)Nc1cccc(O)c1. The largest absolute Gasteiger partial charge is 0.508 e. The first-order valence-corrected chi connectivity index (χ1v) is 7.16. The van der Waals surface area contributed by atoms with E-state index in [0.29, 0.717) is 17.8 Å². The Morgan fingerprint density at radius 1 is 1.32 bits per heavy atom. The summed E-state index contributed by atoms with van der Waals surface area (Å²) < 4.78 is 1.80. The molecule has 0 unspecified atom stereocenters. The summed E-state index contributed by atoms with van der Waals surface area (Å²) >= 11 is 0. The number of benzene rings is 1. The number of fused-ring (bicyclic) bond motifs is 1. The lowest BCUT2D eigenvalue weighted by Crippen LogP contribution is -2.16. The highest BCUT2D eigenvalue weighted by Crippen LogP contribution is 2.19. The van der Waals surface area contributed by atoms with Crippen LogP contribution in [-0.2, 0) is 6.42 Å². The number of hydrogen-bond donors (Lipinski definition) is 2. The van der Waals surface area contributed by atoms with E-state index in [0.717, 1.165) is 16.9 Å². The summed E-state index contributed by atoms with van der Waals surface area (Å²) in [6, 6.07) is 10.4. The molecule has 0 atom stereocenters. The van der Waals surface area contributed by atoms with Gasteiger partial charge in [0.05, 0.1) is 5.69 Å². The maximum atomic E-state index is 12.6. The molecule has 2 aromatic heterocycles. The molecular weight excluding hydrogens is 278 g/mol. The van der Waals surface area contributed by atoms with Crippen molar-refractivity contribution in [1.82, 2.24) is 9.38 Å². The lowest BCUT2D eigenvalue weighted by atomic mass is 10.2. The van der Waals surface area contributed by atoms with Gasteiger partial charge in [-0.3, -0.25) is 9.20 Å². The number of aromatic hydroxyl groups is 1. The minimum atomic E-state index is -0.237. The van der Waals surface area contributed by atoms with Gasteiger partial charge in [-0.1, -0.05) is 13.0 Å². The molecule has 5 nitrogen and oxygen atoms in total. The second kappa shape index (κ2) is 5.52. The highest BCUT2D eigenvalue weighted by Gasteiger charge is 2.18. The summed E-state index contributed by atoms with van der Waals surface area (Å²) in [5.41, 5.74) is 3.69. The fraction of sp³-hybridized carbons (Fsp3) is 0.176. The average molecular weight is 295 g/mol. The third-order valence-electron chi connectivity index (χ3n) is 3.51. The molecule has 0 saturated heterocycles. The number of aromatic nitrogens is 2. The van der Waals surface area contributed by atoms with E-state index in [-0.39, 0.29) is 11.7 Å². The monoisotopic (exact) mass is 295 g/mol. The number of carbonyl (C=O) groups excluding carboxylic acids is 1. The van der Waals surface area contributed by atoms with Crippen LogP contribution < -0.4 is 5.32 Å². The number of pyridine rings is 1. The topological polar surface area (TPSA) is 66.6 Å². The number of nitrogens with zero attached hydrogens (tertiary/aromatic N) is 2. The molecule has 0 radical (unpaired) electrons. The molecule has 1 amide bonds. The van der Waals surface area contributed by atoms with Crippen molar-refractivity contribution < 1.29 is 9.90 Å². The van der Waals surface area contributed by atoms with Gasteiger partial charge in [0.2, 0.25) is 0 Å². The van der Waals surface area contributed by atoms with E-state index in [2.05, 4.69) is 10.3 Å². The van der Waals surface area contributed by atoms with Crippen molar-refractivity contribution in [3.63, 3.8) is 0 Å². The number of amides is 1. The Balaban J connectivity index is 2.03. The van der Waals surface area contributed by atoms with Gasteiger partial charge in [-0.15, -0.1) is 0 Å². The van der Waals surface area contributed by atoms with Crippen LogP contribution in [0.25, 0.3) is 5.65 Å². The van der Waals surface area contributed by atoms with Gasteiger partial charge < -0.3 is 10.4 Å². The van der Waals surface area contributed by atoms with Crippen LogP contribution in [0.5, 0.6) is 5.75 Å². The van der Waals surface area contributed by atoms with Gasteiger partial charge in [0.25, 0.3) is 5.91 Å². The van der Waals surface area contributed by atoms with E-state index in [1.165, 1.54) is 6.07 Å². The fourth-order valence-corrected chi connectivity index (χ4v) is 2.46. The van der Waals surface area contributed by atoms with Gasteiger partial charge in [-0.05, 0) is 43.2 Å². The van der Waals surface area contributed by atoms with Crippen LogP contribution in [0.1, 0.15) is 28.7 Å². The van der Waals surface area contributed by atoms with Crippen molar-refractivity contribution in [1.29, 1.82) is 0 Å². The molecule has 22 heavy (non-hydrogen) atoms. The normalized spacial score (nSPS) is 10.8. The van der Waals surface area contributed by atoms with Crippen molar-refractivity contribution in [3.8, 4) is 5.75 Å². The van der Waals surface area contributed by atoms with Gasteiger partial charge >= 0.3 is 0 Å². The Hall–Kier alpha value is -2.82. The van der Waals surface area contributed by atoms with Crippen molar-refractivity contribution in [2.75, 3.05) is 5.32 Å². The van der Waals surface area contributed by atoms with Gasteiger partial charge in [0.15, 0.2) is 0 Å². The molecular formula is C17H17N3O2. The van der Waals surface area contributed by atoms with E-state index in [1.807, 2.05) is 32.2 Å². The van der Waals surface area contributed by atoms with Crippen molar-refractivity contribution in [2.24, 2.45) is 0 Å². The van der Waals surface area contributed by atoms with Crippen LogP contribution in [-0.4, -0.2) is 20.4 Å². The Morgan fingerprint density at radius 2 is 2.14 bits per heavy atom. The van der Waals surface area contributed by atoms with Crippen molar-refractivity contribution in [3.05, 3.63) is 59.5 Å². The van der Waals surface area contributed by atoms with Crippen LogP contribution in [0.4, 0.5) is 5.69 Å². The third kappa shape index (κ3) is 2.53. The van der Waals surface area contributed by atoms with Crippen molar-refractivity contribution >= 4 is 17.2 Å². The number of carbonyl (C=O) groups is 1. The zero-order valence-electron chi connectivity index (χ0n) is 12.5. The maximum Gasteiger partial charge on any atom is 0.274 e. The second-order valence-corrected chi connectivity index (χ2v) is 5.20. The summed E-state index contributed by atoms with van der Waals surface area (Å²) in [7, 11) is 0. The first-order valence-electron chi connectivity index (χ1n) is 7.16. The molecule has 0 spiro atoms. The molecule has 2 N–H and O–H groups in total. The number of nitrogens with one attached hydrogen (secondary N) is 1. The van der Waals surface area contributed by atoms with E-state index >= 15 is 0 Å². The Labute approximate surface area is 128 Å². The number of anilines is 1.